The molecule has 0 aromatic heterocycles. The molecule has 0 amide bonds. The fraction of sp³-hybridized carbons (Fsp3) is 0.400. The van der Waals surface area contributed by atoms with Crippen LogP contribution < -0.4 is 10.6 Å². The highest BCUT2D eigenvalue weighted by molar-refractivity contribution is 7.73. The molecule has 0 heterocycles. The monoisotopic (exact) mass is 622 g/mol. The van der Waals surface area contributed by atoms with Crippen molar-refractivity contribution < 1.29 is 79.0 Å². The molecule has 0 nitrogen and oxygen atoms in total. The minimum Gasteiger partial charge on any atom is -0.166 e. The van der Waals surface area contributed by atoms with E-state index in [0.717, 1.165) is 0 Å². The van der Waals surface area contributed by atoms with Gasteiger partial charge in [-0.2, -0.15) is 79.0 Å². The zero-order valence-corrected chi connectivity index (χ0v) is 19.2. The Hall–Kier alpha value is -2.39. The van der Waals surface area contributed by atoms with E-state index in [0.29, 0.717) is 6.92 Å². The van der Waals surface area contributed by atoms with Gasteiger partial charge in [-0.05, 0) is 36.8 Å². The third kappa shape index (κ3) is 6.68. The van der Waals surface area contributed by atoms with Crippen LogP contribution in [-0.4, -0.2) is 6.16 Å². The maximum atomic E-state index is 13.8. The Morgan fingerprint density at radius 3 is 0.846 bits per heavy atom. The van der Waals surface area contributed by atoms with E-state index in [2.05, 4.69) is 0 Å². The molecule has 0 aliphatic rings. The summed E-state index contributed by atoms with van der Waals surface area (Å²) in [5.74, 6) is 0. The van der Waals surface area contributed by atoms with Gasteiger partial charge in [-0.15, -0.1) is 0 Å². The average Bonchev–Trinajstić information content (AvgIpc) is 2.69. The van der Waals surface area contributed by atoms with Gasteiger partial charge in [-0.25, -0.2) is 0 Å². The van der Waals surface area contributed by atoms with E-state index in [1.165, 1.54) is 0 Å². The molecule has 2 aromatic carbocycles. The van der Waals surface area contributed by atoms with Crippen LogP contribution in [0.5, 0.6) is 0 Å². The van der Waals surface area contributed by atoms with Gasteiger partial charge in [-0.3, -0.25) is 0 Å². The van der Waals surface area contributed by atoms with Gasteiger partial charge in [0.2, 0.25) is 0 Å². The first-order valence-electron chi connectivity index (χ1n) is 9.69. The van der Waals surface area contributed by atoms with Crippen molar-refractivity contribution in [1.82, 2.24) is 0 Å². The molecule has 0 fully saturated rings. The minimum atomic E-state index is -6.43. The van der Waals surface area contributed by atoms with Crippen molar-refractivity contribution in [2.24, 2.45) is 0 Å². The van der Waals surface area contributed by atoms with E-state index in [4.69, 9.17) is 0 Å². The quantitative estimate of drug-likeness (QED) is 0.237. The smallest absolute Gasteiger partial charge is 0.166 e. The molecule has 0 spiro atoms. The molecular weight excluding hydrogens is 613 g/mol. The molecule has 0 unspecified atom stereocenters. The van der Waals surface area contributed by atoms with Crippen LogP contribution in [0.2, 0.25) is 0 Å². The number of rotatable bonds is 3. The molecule has 0 aliphatic heterocycles. The van der Waals surface area contributed by atoms with E-state index in [1.54, 1.807) is 0 Å². The molecule has 0 saturated heterocycles. The van der Waals surface area contributed by atoms with Crippen molar-refractivity contribution in [3.8, 4) is 0 Å². The van der Waals surface area contributed by atoms with E-state index < -0.39 is 107 Å². The maximum Gasteiger partial charge on any atom is 0.417 e. The summed E-state index contributed by atoms with van der Waals surface area (Å²) in [6, 6.07) is -1.64. The summed E-state index contributed by atoms with van der Waals surface area (Å²) in [5, 5.41) is -3.81. The van der Waals surface area contributed by atoms with Crippen LogP contribution in [0.1, 0.15) is 40.3 Å². The van der Waals surface area contributed by atoms with Crippen molar-refractivity contribution in [1.29, 1.82) is 0 Å². The van der Waals surface area contributed by atoms with Gasteiger partial charge in [0.25, 0.3) is 0 Å². The Bertz CT molecular complexity index is 1110. The van der Waals surface area contributed by atoms with Gasteiger partial charge in [0, 0.05) is 0 Å². The maximum absolute atomic E-state index is 13.8. The zero-order chi connectivity index (χ0) is 30.7. The number of hydrogen-bond acceptors (Lipinski definition) is 0. The lowest BCUT2D eigenvalue weighted by Gasteiger charge is -2.30. The lowest BCUT2D eigenvalue weighted by molar-refractivity contribution is -0.174. The lowest BCUT2D eigenvalue weighted by atomic mass is 9.99. The largest absolute Gasteiger partial charge is 0.417 e. The molecule has 0 N–H and O–H groups in total. The average molecular weight is 622 g/mol. The first-order chi connectivity index (χ1) is 17.1. The highest BCUT2D eigenvalue weighted by Gasteiger charge is 2.54. The van der Waals surface area contributed by atoms with Crippen molar-refractivity contribution in [3.05, 3.63) is 57.6 Å². The Morgan fingerprint density at radius 2 is 0.667 bits per heavy atom. The molecule has 2 aromatic rings. The second-order valence-corrected chi connectivity index (χ2v) is 9.95. The third-order valence-electron chi connectivity index (χ3n) is 5.01. The summed E-state index contributed by atoms with van der Waals surface area (Å²) >= 11 is 0. The van der Waals surface area contributed by atoms with Gasteiger partial charge in [0.15, 0.2) is 0 Å². The van der Waals surface area contributed by atoms with Crippen LogP contribution in [0, 0.1) is 0 Å². The van der Waals surface area contributed by atoms with Crippen LogP contribution >= 0.6 is 7.92 Å². The van der Waals surface area contributed by atoms with Crippen molar-refractivity contribution in [3.63, 3.8) is 0 Å². The van der Waals surface area contributed by atoms with Crippen molar-refractivity contribution in [2.75, 3.05) is 6.16 Å². The van der Waals surface area contributed by atoms with Gasteiger partial charge in [0.05, 0.1) is 33.4 Å². The molecule has 0 atom stereocenters. The Morgan fingerprint density at radius 1 is 0.410 bits per heavy atom. The summed E-state index contributed by atoms with van der Waals surface area (Å²) in [7, 11) is -3.72. The molecule has 39 heavy (non-hydrogen) atoms. The van der Waals surface area contributed by atoms with Gasteiger partial charge >= 0.3 is 37.1 Å². The summed E-state index contributed by atoms with van der Waals surface area (Å²) in [4.78, 5) is 0. The molecule has 19 heteroatoms. The van der Waals surface area contributed by atoms with Crippen LogP contribution in [0.3, 0.4) is 0 Å². The normalized spacial score (nSPS) is 14.4. The predicted molar refractivity (Wildman–Crippen MR) is 99.6 cm³/mol. The SMILES string of the molecule is CCP(c1ccc(C(F)(F)F)c(C(F)(F)F)c1C(F)(F)F)c1ccc(C(F)(F)F)c(C(F)(F)F)c1C(F)(F)F. The van der Waals surface area contributed by atoms with Crippen LogP contribution in [0.25, 0.3) is 0 Å². The van der Waals surface area contributed by atoms with Gasteiger partial charge in [-0.1, -0.05) is 19.1 Å². The van der Waals surface area contributed by atoms with E-state index in [9.17, 15) is 79.0 Å². The van der Waals surface area contributed by atoms with Crippen LogP contribution in [-0.2, 0) is 37.1 Å². The second kappa shape index (κ2) is 9.91. The third-order valence-corrected chi connectivity index (χ3v) is 7.55. The number of alkyl halides is 18. The number of halogens is 18. The molecule has 0 radical (unpaired) electrons. The van der Waals surface area contributed by atoms with Crippen LogP contribution in [0.4, 0.5) is 79.0 Å². The van der Waals surface area contributed by atoms with E-state index in [1.807, 2.05) is 0 Å². The molecule has 2 rings (SSSR count). The summed E-state index contributed by atoms with van der Waals surface area (Å²) < 4.78 is 244. The Labute approximate surface area is 206 Å². The predicted octanol–water partition coefficient (Wildman–Crippen LogP) is 9.25. The zero-order valence-electron chi connectivity index (χ0n) is 18.3. The summed E-state index contributed by atoms with van der Waals surface area (Å²) in [6.07, 6.45) is -38.9. The highest BCUT2D eigenvalue weighted by atomic mass is 31.1. The second-order valence-electron chi connectivity index (χ2n) is 7.50. The molecule has 220 valence electrons. The first kappa shape index (κ1) is 32.8. The number of hydrogen-bond donors (Lipinski definition) is 0. The molecule has 0 bridgehead atoms. The molecule has 0 saturated carbocycles. The molecule has 0 aliphatic carbocycles. The summed E-state index contributed by atoms with van der Waals surface area (Å²) in [6.45, 7) is 0.682. The Balaban J connectivity index is 3.22. The van der Waals surface area contributed by atoms with E-state index >= 15 is 0 Å². The van der Waals surface area contributed by atoms with Crippen LogP contribution in [0.15, 0.2) is 24.3 Å². The topological polar surface area (TPSA) is 0 Å². The summed E-state index contributed by atoms with van der Waals surface area (Å²) in [5.41, 5.74) is -18.8. The van der Waals surface area contributed by atoms with Crippen molar-refractivity contribution in [2.45, 2.75) is 44.0 Å². The minimum absolute atomic E-state index is 0.277. The first-order valence-corrected chi connectivity index (χ1v) is 11.2. The highest BCUT2D eigenvalue weighted by Crippen LogP contribution is 2.53. The standard InChI is InChI=1S/C20H9F18P/c1-2-39(9-5-3-7(15(21,22)23)11(17(27,28)29)13(9)19(33,34)35)10-6-4-8(16(24,25)26)12(18(30,31)32)14(10)20(36,37)38/h3-6H,2H2,1H3. The lowest BCUT2D eigenvalue weighted by Crippen LogP contribution is -2.34. The van der Waals surface area contributed by atoms with Gasteiger partial charge in [0.1, 0.15) is 0 Å². The van der Waals surface area contributed by atoms with Crippen molar-refractivity contribution >= 4 is 18.5 Å². The molecular formula is C20H9F18P. The van der Waals surface area contributed by atoms with Gasteiger partial charge < -0.3 is 0 Å². The number of benzene rings is 2. The Kier molecular flexibility index (Phi) is 8.34. The van der Waals surface area contributed by atoms with E-state index in [-0.39, 0.29) is 12.1 Å². The fourth-order valence-electron chi connectivity index (χ4n) is 3.74. The fourth-order valence-corrected chi connectivity index (χ4v) is 6.21.